The molecule has 1 saturated heterocycles. The first kappa shape index (κ1) is 24.2. The molecular weight excluding hydrogens is 526 g/mol. The third-order valence-corrected chi connectivity index (χ3v) is 9.16. The van der Waals surface area contributed by atoms with Crippen LogP contribution in [0.15, 0.2) is 58.4 Å². The summed E-state index contributed by atoms with van der Waals surface area (Å²) in [6.45, 7) is 0.726. The number of hydrogen-bond donors (Lipinski definition) is 1. The molecule has 1 aliphatic carbocycles. The number of piperazine rings is 1. The molecule has 3 aromatic rings. The number of fused-ring (bicyclic) bond motifs is 4. The van der Waals surface area contributed by atoms with Crippen molar-refractivity contribution in [2.45, 2.75) is 35.7 Å². The Labute approximate surface area is 226 Å². The van der Waals surface area contributed by atoms with Gasteiger partial charge in [0.05, 0.1) is 12.6 Å². The van der Waals surface area contributed by atoms with Gasteiger partial charge in [0.1, 0.15) is 6.17 Å². The summed E-state index contributed by atoms with van der Waals surface area (Å²) in [4.78, 5) is 43.4. The van der Waals surface area contributed by atoms with Gasteiger partial charge in [-0.1, -0.05) is 24.3 Å². The van der Waals surface area contributed by atoms with Gasteiger partial charge >= 0.3 is 0 Å². The van der Waals surface area contributed by atoms with Crippen LogP contribution in [0.25, 0.3) is 0 Å². The van der Waals surface area contributed by atoms with E-state index in [4.69, 9.17) is 0 Å². The van der Waals surface area contributed by atoms with Crippen molar-refractivity contribution in [3.8, 4) is 5.75 Å². The molecule has 2 atom stereocenters. The Morgan fingerprint density at radius 1 is 1.00 bits per heavy atom. The number of carbonyl (C=O) groups excluding carboxylic acids is 2. The standard InChI is InChI=1S/C28H24F2N4O4S/c29-19-8-7-16-18(23(19)30)14-39-21-4-2-1-3-17(21)24(16)34-22-13-31(27(37)15-5-6-15)11-12-32(22)28(38)25-26(36)20(35)9-10-33(25)34/h1-4,7-10,15,22,24,36H,5-6,11-14H2/t22-,24+/m1/s1. The van der Waals surface area contributed by atoms with Gasteiger partial charge in [-0.25, -0.2) is 8.78 Å². The highest BCUT2D eigenvalue weighted by Gasteiger charge is 2.48. The molecule has 2 aromatic carbocycles. The Bertz CT molecular complexity index is 1610. The molecule has 39 heavy (non-hydrogen) atoms. The molecule has 0 bridgehead atoms. The zero-order chi connectivity index (χ0) is 27.0. The quantitative estimate of drug-likeness (QED) is 0.528. The fraction of sp³-hybridized carbons (Fsp3) is 0.321. The first-order chi connectivity index (χ1) is 18.8. The van der Waals surface area contributed by atoms with Crippen molar-refractivity contribution in [3.05, 3.63) is 92.9 Å². The van der Waals surface area contributed by atoms with Crippen LogP contribution in [0.1, 0.15) is 46.1 Å². The molecule has 2 fully saturated rings. The minimum absolute atomic E-state index is 0.0101. The van der Waals surface area contributed by atoms with Crippen LogP contribution in [0.5, 0.6) is 5.75 Å². The summed E-state index contributed by atoms with van der Waals surface area (Å²) in [5, 5.41) is 12.6. The van der Waals surface area contributed by atoms with Gasteiger partial charge in [0.15, 0.2) is 23.1 Å². The molecule has 1 N–H and O–H groups in total. The zero-order valence-electron chi connectivity index (χ0n) is 20.7. The van der Waals surface area contributed by atoms with Crippen LogP contribution in [0.3, 0.4) is 0 Å². The van der Waals surface area contributed by atoms with Crippen LogP contribution < -0.4 is 10.4 Å². The summed E-state index contributed by atoms with van der Waals surface area (Å²) in [7, 11) is 0. The van der Waals surface area contributed by atoms with E-state index in [9.17, 15) is 23.9 Å². The molecule has 4 heterocycles. The highest BCUT2D eigenvalue weighted by molar-refractivity contribution is 7.98. The molecule has 1 aromatic heterocycles. The number of carbonyl (C=O) groups is 2. The fourth-order valence-electron chi connectivity index (χ4n) is 5.95. The number of halogens is 2. The lowest BCUT2D eigenvalue weighted by Crippen LogP contribution is -2.69. The maximum atomic E-state index is 15.3. The second-order valence-corrected chi connectivity index (χ2v) is 11.3. The predicted octanol–water partition coefficient (Wildman–Crippen LogP) is 3.20. The van der Waals surface area contributed by atoms with Crippen LogP contribution in [0.2, 0.25) is 0 Å². The largest absolute Gasteiger partial charge is 0.502 e. The molecule has 8 nitrogen and oxygen atoms in total. The Kier molecular flexibility index (Phi) is 5.48. The number of nitrogens with zero attached hydrogens (tertiary/aromatic N) is 4. The third kappa shape index (κ3) is 3.66. The van der Waals surface area contributed by atoms with Gasteiger partial charge in [-0.05, 0) is 36.1 Å². The van der Waals surface area contributed by atoms with E-state index in [0.717, 1.165) is 29.4 Å². The summed E-state index contributed by atoms with van der Waals surface area (Å²) >= 11 is 1.39. The molecule has 0 radical (unpaired) electrons. The van der Waals surface area contributed by atoms with Crippen molar-refractivity contribution < 1.29 is 23.5 Å². The van der Waals surface area contributed by atoms with Crippen LogP contribution in [-0.4, -0.2) is 57.2 Å². The number of hydrogen-bond acceptors (Lipinski definition) is 6. The smallest absolute Gasteiger partial charge is 0.278 e. The first-order valence-corrected chi connectivity index (χ1v) is 13.8. The lowest BCUT2D eigenvalue weighted by molar-refractivity contribution is -0.135. The van der Waals surface area contributed by atoms with Crippen molar-refractivity contribution in [2.75, 3.05) is 24.6 Å². The van der Waals surface area contributed by atoms with Crippen LogP contribution in [-0.2, 0) is 10.5 Å². The van der Waals surface area contributed by atoms with Crippen molar-refractivity contribution in [2.24, 2.45) is 5.92 Å². The molecule has 1 saturated carbocycles. The average Bonchev–Trinajstić information content (AvgIpc) is 3.80. The second-order valence-electron chi connectivity index (χ2n) is 10.3. The summed E-state index contributed by atoms with van der Waals surface area (Å²) in [6, 6.07) is 10.6. The number of aromatic nitrogens is 1. The lowest BCUT2D eigenvalue weighted by atomic mass is 9.93. The predicted molar refractivity (Wildman–Crippen MR) is 139 cm³/mol. The van der Waals surface area contributed by atoms with Gasteiger partial charge in [0, 0.05) is 47.5 Å². The third-order valence-electron chi connectivity index (χ3n) is 8.04. The van der Waals surface area contributed by atoms with Crippen molar-refractivity contribution in [1.82, 2.24) is 14.5 Å². The highest BCUT2D eigenvalue weighted by atomic mass is 32.2. The Hall–Kier alpha value is -3.86. The molecule has 200 valence electrons. The Morgan fingerprint density at radius 3 is 2.59 bits per heavy atom. The molecule has 0 unspecified atom stereocenters. The molecular formula is C28H24F2N4O4S. The second kappa shape index (κ2) is 8.84. The normalized spacial score (nSPS) is 22.0. The molecule has 11 heteroatoms. The van der Waals surface area contributed by atoms with Gasteiger partial charge in [0.2, 0.25) is 11.3 Å². The molecule has 7 rings (SSSR count). The molecule has 3 aliphatic heterocycles. The highest BCUT2D eigenvalue weighted by Crippen LogP contribution is 2.45. The van der Waals surface area contributed by atoms with Crippen molar-refractivity contribution in [3.63, 3.8) is 0 Å². The van der Waals surface area contributed by atoms with Crippen LogP contribution >= 0.6 is 11.8 Å². The van der Waals surface area contributed by atoms with Crippen molar-refractivity contribution >= 4 is 23.6 Å². The number of aromatic hydroxyl groups is 1. The summed E-state index contributed by atoms with van der Waals surface area (Å²) in [5.74, 6) is -2.85. The summed E-state index contributed by atoms with van der Waals surface area (Å²) in [5.41, 5.74) is 0.630. The molecule has 4 aliphatic rings. The monoisotopic (exact) mass is 550 g/mol. The van der Waals surface area contributed by atoms with Gasteiger partial charge in [0.25, 0.3) is 5.91 Å². The summed E-state index contributed by atoms with van der Waals surface area (Å²) < 4.78 is 31.2. The van der Waals surface area contributed by atoms with E-state index in [1.165, 1.54) is 28.7 Å². The summed E-state index contributed by atoms with van der Waals surface area (Å²) in [6.07, 6.45) is 2.42. The number of rotatable bonds is 2. The zero-order valence-corrected chi connectivity index (χ0v) is 21.5. The van der Waals surface area contributed by atoms with E-state index in [0.29, 0.717) is 12.1 Å². The van der Waals surface area contributed by atoms with Crippen LogP contribution in [0.4, 0.5) is 8.78 Å². The number of pyridine rings is 1. The van der Waals surface area contributed by atoms with E-state index in [1.54, 1.807) is 15.9 Å². The number of amides is 2. The fourth-order valence-corrected chi connectivity index (χ4v) is 7.07. The van der Waals surface area contributed by atoms with E-state index in [2.05, 4.69) is 0 Å². The van der Waals surface area contributed by atoms with Gasteiger partial charge < -0.3 is 14.9 Å². The van der Waals surface area contributed by atoms with Gasteiger partial charge in [-0.2, -0.15) is 0 Å². The van der Waals surface area contributed by atoms with Gasteiger partial charge in [-0.15, -0.1) is 11.8 Å². The average molecular weight is 551 g/mol. The van der Waals surface area contributed by atoms with E-state index in [1.807, 2.05) is 29.3 Å². The number of benzene rings is 2. The molecule has 0 spiro atoms. The molecule has 2 amide bonds. The SMILES string of the molecule is O=C(C1CC1)N1CCN2C(=O)c3c(O)c(=O)ccn3N([C@@H]3c4ccccc4SCc4c3ccc(F)c4F)[C@@H]2C1. The topological polar surface area (TPSA) is 86.1 Å². The van der Waals surface area contributed by atoms with Crippen molar-refractivity contribution in [1.29, 1.82) is 0 Å². The minimum Gasteiger partial charge on any atom is -0.502 e. The first-order valence-electron chi connectivity index (χ1n) is 12.9. The van der Waals surface area contributed by atoms with E-state index < -0.39 is 40.9 Å². The Morgan fingerprint density at radius 2 is 1.79 bits per heavy atom. The lowest BCUT2D eigenvalue weighted by Gasteiger charge is -2.53. The van der Waals surface area contributed by atoms with E-state index >= 15 is 4.39 Å². The Balaban J connectivity index is 1.48. The maximum absolute atomic E-state index is 15.3. The number of thioether (sulfide) groups is 1. The van der Waals surface area contributed by atoms with E-state index in [-0.39, 0.29) is 41.9 Å². The van der Waals surface area contributed by atoms with Gasteiger partial charge in [-0.3, -0.25) is 24.1 Å². The van der Waals surface area contributed by atoms with Crippen LogP contribution in [0, 0.1) is 17.6 Å². The minimum atomic E-state index is -0.949. The maximum Gasteiger partial charge on any atom is 0.278 e.